The summed E-state index contributed by atoms with van der Waals surface area (Å²) in [6.45, 7) is 9.98. The Kier molecular flexibility index (Phi) is 5.77. The number of likely N-dealkylation sites (tertiary alicyclic amines) is 2. The van der Waals surface area contributed by atoms with Gasteiger partial charge < -0.3 is 10.6 Å². The number of primary amides is 1. The van der Waals surface area contributed by atoms with Crippen molar-refractivity contribution in [2.45, 2.75) is 52.5 Å². The molecule has 2 aliphatic heterocycles. The summed E-state index contributed by atoms with van der Waals surface area (Å²) in [4.78, 5) is 32.8. The first-order valence-electron chi connectivity index (χ1n) is 11.0. The van der Waals surface area contributed by atoms with Crippen LogP contribution in [0.5, 0.6) is 0 Å². The molecule has 4 heterocycles. The van der Waals surface area contributed by atoms with Crippen molar-refractivity contribution in [3.05, 3.63) is 29.2 Å². The molecule has 4 rings (SSSR count). The molecule has 8 nitrogen and oxygen atoms in total. The minimum absolute atomic E-state index is 0.00478. The van der Waals surface area contributed by atoms with E-state index in [9.17, 15) is 9.59 Å². The highest BCUT2D eigenvalue weighted by atomic mass is 16.2. The smallest absolute Gasteiger partial charge is 0.225 e. The number of aryl methyl sites for hydroxylation is 1. The zero-order valence-corrected chi connectivity index (χ0v) is 18.2. The molecule has 2 aliphatic rings. The fourth-order valence-corrected chi connectivity index (χ4v) is 4.78. The number of hydrogen-bond donors (Lipinski definition) is 1. The number of carbonyl (C=O) groups is 2. The lowest BCUT2D eigenvalue weighted by molar-refractivity contribution is -0.133. The van der Waals surface area contributed by atoms with Crippen molar-refractivity contribution in [1.82, 2.24) is 24.4 Å². The van der Waals surface area contributed by atoms with E-state index in [1.807, 2.05) is 42.4 Å². The summed E-state index contributed by atoms with van der Waals surface area (Å²) in [6.07, 6.45) is 4.44. The van der Waals surface area contributed by atoms with Gasteiger partial charge in [-0.25, -0.2) is 9.50 Å². The van der Waals surface area contributed by atoms with Crippen molar-refractivity contribution in [2.24, 2.45) is 17.6 Å². The second kappa shape index (κ2) is 8.34. The third kappa shape index (κ3) is 3.93. The van der Waals surface area contributed by atoms with Gasteiger partial charge in [0.1, 0.15) is 0 Å². The van der Waals surface area contributed by atoms with Crippen LogP contribution in [0.2, 0.25) is 0 Å². The molecule has 30 heavy (non-hydrogen) atoms. The Morgan fingerprint density at radius 2 is 1.93 bits per heavy atom. The zero-order valence-electron chi connectivity index (χ0n) is 18.2. The van der Waals surface area contributed by atoms with Crippen molar-refractivity contribution in [3.63, 3.8) is 0 Å². The van der Waals surface area contributed by atoms with E-state index in [0.717, 1.165) is 74.6 Å². The van der Waals surface area contributed by atoms with E-state index in [2.05, 4.69) is 9.88 Å². The molecule has 0 bridgehead atoms. The SMILES string of the molecule is Cc1nn2c([C@H]3CCN(C(=O)C(C)C)C3)ccnc2c1CN1CCC(C(N)=O)CC1. The van der Waals surface area contributed by atoms with E-state index in [4.69, 9.17) is 10.8 Å². The van der Waals surface area contributed by atoms with Crippen LogP contribution in [0.15, 0.2) is 12.3 Å². The molecule has 0 saturated carbocycles. The molecule has 0 radical (unpaired) electrons. The van der Waals surface area contributed by atoms with E-state index in [1.54, 1.807) is 0 Å². The molecular formula is C22H32N6O2. The lowest BCUT2D eigenvalue weighted by Gasteiger charge is -2.30. The standard InChI is InChI=1S/C22H32N6O2/c1-14(2)22(30)27-11-7-17(12-27)19-4-8-24-21-18(15(3)25-28(19)21)13-26-9-5-16(6-10-26)20(23)29/h4,8,14,16-17H,5-7,9-13H2,1-3H3,(H2,23,29)/t17-/m0/s1. The third-order valence-electron chi connectivity index (χ3n) is 6.63. The minimum atomic E-state index is -0.185. The number of nitrogens with two attached hydrogens (primary N) is 1. The van der Waals surface area contributed by atoms with Crippen molar-refractivity contribution >= 4 is 17.5 Å². The topological polar surface area (TPSA) is 96.8 Å². The maximum absolute atomic E-state index is 12.4. The molecule has 2 N–H and O–H groups in total. The lowest BCUT2D eigenvalue weighted by atomic mass is 9.96. The number of amides is 2. The highest BCUT2D eigenvalue weighted by Gasteiger charge is 2.31. The molecular weight excluding hydrogens is 380 g/mol. The van der Waals surface area contributed by atoms with Crippen LogP contribution in [-0.4, -0.2) is 62.4 Å². The molecule has 2 fully saturated rings. The average molecular weight is 413 g/mol. The number of hydrogen-bond acceptors (Lipinski definition) is 5. The molecule has 0 aromatic carbocycles. The van der Waals surface area contributed by atoms with Gasteiger partial charge in [-0.15, -0.1) is 0 Å². The fraction of sp³-hybridized carbons (Fsp3) is 0.636. The van der Waals surface area contributed by atoms with Crippen LogP contribution >= 0.6 is 0 Å². The van der Waals surface area contributed by atoms with Crippen LogP contribution < -0.4 is 5.73 Å². The summed E-state index contributed by atoms with van der Waals surface area (Å²) in [5, 5.41) is 4.82. The van der Waals surface area contributed by atoms with Crippen LogP contribution in [0, 0.1) is 18.8 Å². The second-order valence-corrected chi connectivity index (χ2v) is 9.05. The van der Waals surface area contributed by atoms with E-state index in [-0.39, 0.29) is 29.6 Å². The Morgan fingerprint density at radius 3 is 2.60 bits per heavy atom. The summed E-state index contributed by atoms with van der Waals surface area (Å²) in [7, 11) is 0. The monoisotopic (exact) mass is 412 g/mol. The van der Waals surface area contributed by atoms with Gasteiger partial charge in [-0.2, -0.15) is 5.10 Å². The number of carbonyl (C=O) groups excluding carboxylic acids is 2. The van der Waals surface area contributed by atoms with Gasteiger partial charge in [0.25, 0.3) is 0 Å². The van der Waals surface area contributed by atoms with Gasteiger partial charge in [-0.1, -0.05) is 13.8 Å². The predicted octanol–water partition coefficient (Wildman–Crippen LogP) is 1.71. The molecule has 0 spiro atoms. The van der Waals surface area contributed by atoms with Crippen LogP contribution in [-0.2, 0) is 16.1 Å². The van der Waals surface area contributed by atoms with E-state index in [1.165, 1.54) is 0 Å². The Hall–Kier alpha value is -2.48. The Morgan fingerprint density at radius 1 is 1.20 bits per heavy atom. The van der Waals surface area contributed by atoms with Gasteiger partial charge in [0.05, 0.1) is 11.4 Å². The minimum Gasteiger partial charge on any atom is -0.369 e. The maximum Gasteiger partial charge on any atom is 0.225 e. The predicted molar refractivity (Wildman–Crippen MR) is 114 cm³/mol. The number of fused-ring (bicyclic) bond motifs is 1. The van der Waals surface area contributed by atoms with E-state index in [0.29, 0.717) is 0 Å². The number of aromatic nitrogens is 3. The van der Waals surface area contributed by atoms with E-state index < -0.39 is 0 Å². The molecule has 2 aromatic rings. The zero-order chi connectivity index (χ0) is 21.4. The maximum atomic E-state index is 12.4. The first-order chi connectivity index (χ1) is 14.3. The van der Waals surface area contributed by atoms with Crippen LogP contribution in [0.1, 0.15) is 56.0 Å². The first kappa shape index (κ1) is 20.8. The third-order valence-corrected chi connectivity index (χ3v) is 6.63. The van der Waals surface area contributed by atoms with Crippen molar-refractivity contribution in [1.29, 1.82) is 0 Å². The summed E-state index contributed by atoms with van der Waals surface area (Å²) >= 11 is 0. The molecule has 0 aliphatic carbocycles. The quantitative estimate of drug-likeness (QED) is 0.806. The van der Waals surface area contributed by atoms with Gasteiger partial charge in [-0.3, -0.25) is 14.5 Å². The fourth-order valence-electron chi connectivity index (χ4n) is 4.78. The van der Waals surface area contributed by atoms with Crippen molar-refractivity contribution < 1.29 is 9.59 Å². The Labute approximate surface area is 177 Å². The Bertz CT molecular complexity index is 944. The van der Waals surface area contributed by atoms with Crippen LogP contribution in [0.3, 0.4) is 0 Å². The van der Waals surface area contributed by atoms with Gasteiger partial charge in [0.2, 0.25) is 11.8 Å². The highest BCUT2D eigenvalue weighted by Crippen LogP contribution is 2.30. The number of rotatable bonds is 5. The van der Waals surface area contributed by atoms with Gasteiger partial charge in [0.15, 0.2) is 5.65 Å². The molecule has 2 aromatic heterocycles. The first-order valence-corrected chi connectivity index (χ1v) is 11.0. The number of piperidine rings is 1. The highest BCUT2D eigenvalue weighted by molar-refractivity contribution is 5.78. The summed E-state index contributed by atoms with van der Waals surface area (Å²) in [5.74, 6) is 0.333. The van der Waals surface area contributed by atoms with E-state index >= 15 is 0 Å². The van der Waals surface area contributed by atoms with Gasteiger partial charge in [0, 0.05) is 49.1 Å². The molecule has 8 heteroatoms. The Balaban J connectivity index is 1.53. The summed E-state index contributed by atoms with van der Waals surface area (Å²) in [5.41, 5.74) is 9.62. The normalized spacial score (nSPS) is 21.1. The summed E-state index contributed by atoms with van der Waals surface area (Å²) in [6, 6.07) is 2.04. The lowest BCUT2D eigenvalue weighted by Crippen LogP contribution is -2.38. The largest absolute Gasteiger partial charge is 0.369 e. The van der Waals surface area contributed by atoms with Crippen molar-refractivity contribution in [3.8, 4) is 0 Å². The molecule has 2 saturated heterocycles. The molecule has 0 unspecified atom stereocenters. The molecule has 2 amide bonds. The number of nitrogens with zero attached hydrogens (tertiary/aromatic N) is 5. The van der Waals surface area contributed by atoms with Gasteiger partial charge >= 0.3 is 0 Å². The van der Waals surface area contributed by atoms with Crippen molar-refractivity contribution in [2.75, 3.05) is 26.2 Å². The molecule has 1 atom stereocenters. The van der Waals surface area contributed by atoms with Crippen LogP contribution in [0.4, 0.5) is 0 Å². The average Bonchev–Trinajstić information content (AvgIpc) is 3.33. The van der Waals surface area contributed by atoms with Crippen LogP contribution in [0.25, 0.3) is 5.65 Å². The molecule has 162 valence electrons. The second-order valence-electron chi connectivity index (χ2n) is 9.05. The summed E-state index contributed by atoms with van der Waals surface area (Å²) < 4.78 is 1.98. The van der Waals surface area contributed by atoms with Gasteiger partial charge in [-0.05, 0) is 45.3 Å².